The first-order valence-corrected chi connectivity index (χ1v) is 6.29. The van der Waals surface area contributed by atoms with Crippen LogP contribution in [0, 0.1) is 6.92 Å². The summed E-state index contributed by atoms with van der Waals surface area (Å²) in [5, 5.41) is 23.7. The number of benzene rings is 2. The van der Waals surface area contributed by atoms with Crippen LogP contribution in [-0.2, 0) is 0 Å². The Morgan fingerprint density at radius 3 is 2.55 bits per heavy atom. The van der Waals surface area contributed by atoms with Crippen molar-refractivity contribution in [2.24, 2.45) is 0 Å². The molecule has 0 saturated heterocycles. The average molecular weight is 266 g/mol. The Morgan fingerprint density at radius 1 is 1.00 bits per heavy atom. The normalized spacial score (nSPS) is 10.7. The van der Waals surface area contributed by atoms with Crippen LogP contribution >= 0.6 is 0 Å². The summed E-state index contributed by atoms with van der Waals surface area (Å²) in [6.45, 7) is 2.01. The summed E-state index contributed by atoms with van der Waals surface area (Å²) in [5.74, 6) is 0.0635. The first kappa shape index (κ1) is 12.3. The lowest BCUT2D eigenvalue weighted by molar-refractivity contribution is 0.451. The number of nitrogens with zero attached hydrogens (tertiary/aromatic N) is 2. The minimum atomic E-state index is 0.0281. The van der Waals surface area contributed by atoms with E-state index in [0.717, 1.165) is 16.9 Å². The molecule has 20 heavy (non-hydrogen) atoms. The van der Waals surface area contributed by atoms with Crippen LogP contribution in [0.25, 0.3) is 16.9 Å². The Morgan fingerprint density at radius 2 is 1.80 bits per heavy atom. The van der Waals surface area contributed by atoms with Gasteiger partial charge in [0, 0.05) is 11.6 Å². The highest BCUT2D eigenvalue weighted by atomic mass is 16.3. The summed E-state index contributed by atoms with van der Waals surface area (Å²) in [6, 6.07) is 14.3. The summed E-state index contributed by atoms with van der Waals surface area (Å²) in [7, 11) is 0. The highest BCUT2D eigenvalue weighted by Gasteiger charge is 2.12. The van der Waals surface area contributed by atoms with Crippen LogP contribution in [0.3, 0.4) is 0 Å². The van der Waals surface area contributed by atoms with Crippen molar-refractivity contribution in [3.8, 4) is 28.4 Å². The first-order chi connectivity index (χ1) is 9.66. The molecule has 4 nitrogen and oxygen atoms in total. The molecule has 4 heteroatoms. The second kappa shape index (κ2) is 4.74. The molecular formula is C16H14N2O2. The molecule has 3 aromatic rings. The van der Waals surface area contributed by atoms with E-state index in [1.165, 1.54) is 6.07 Å². The topological polar surface area (TPSA) is 58.3 Å². The molecule has 0 aliphatic rings. The van der Waals surface area contributed by atoms with Gasteiger partial charge in [0.25, 0.3) is 0 Å². The lowest BCUT2D eigenvalue weighted by atomic mass is 10.1. The molecule has 0 bridgehead atoms. The minimum absolute atomic E-state index is 0.0281. The van der Waals surface area contributed by atoms with Gasteiger partial charge in [-0.1, -0.05) is 18.2 Å². The molecule has 0 radical (unpaired) electrons. The number of hydrogen-bond acceptors (Lipinski definition) is 3. The quantitative estimate of drug-likeness (QED) is 0.748. The van der Waals surface area contributed by atoms with E-state index in [-0.39, 0.29) is 11.5 Å². The van der Waals surface area contributed by atoms with E-state index < -0.39 is 0 Å². The molecule has 0 saturated carbocycles. The van der Waals surface area contributed by atoms with E-state index in [9.17, 15) is 10.2 Å². The number of rotatable bonds is 2. The van der Waals surface area contributed by atoms with Gasteiger partial charge in [-0.05, 0) is 36.8 Å². The SMILES string of the molecule is Cc1ccccc1-n1nccc1-c1ccc(O)cc1O. The Bertz CT molecular complexity index is 763. The lowest BCUT2D eigenvalue weighted by Crippen LogP contribution is -2.01. The van der Waals surface area contributed by atoms with Crippen molar-refractivity contribution >= 4 is 0 Å². The van der Waals surface area contributed by atoms with Gasteiger partial charge in [-0.25, -0.2) is 4.68 Å². The molecule has 0 spiro atoms. The predicted molar refractivity (Wildman–Crippen MR) is 77.1 cm³/mol. The molecule has 2 aromatic carbocycles. The zero-order chi connectivity index (χ0) is 14.1. The standard InChI is InChI=1S/C16H14N2O2/c1-11-4-2-3-5-14(11)18-15(8-9-17-18)13-7-6-12(19)10-16(13)20/h2-10,19-20H,1H3. The third-order valence-electron chi connectivity index (χ3n) is 3.24. The largest absolute Gasteiger partial charge is 0.508 e. The van der Waals surface area contributed by atoms with Crippen molar-refractivity contribution in [2.45, 2.75) is 6.92 Å². The van der Waals surface area contributed by atoms with Crippen molar-refractivity contribution in [2.75, 3.05) is 0 Å². The van der Waals surface area contributed by atoms with Gasteiger partial charge in [0.15, 0.2) is 0 Å². The van der Waals surface area contributed by atoms with Gasteiger partial charge >= 0.3 is 0 Å². The molecule has 0 unspecified atom stereocenters. The van der Waals surface area contributed by atoms with Gasteiger partial charge in [0.1, 0.15) is 11.5 Å². The van der Waals surface area contributed by atoms with Crippen LogP contribution < -0.4 is 0 Å². The van der Waals surface area contributed by atoms with Gasteiger partial charge in [-0.2, -0.15) is 5.10 Å². The number of aryl methyl sites for hydroxylation is 1. The Labute approximate surface area is 116 Å². The summed E-state index contributed by atoms with van der Waals surface area (Å²) >= 11 is 0. The molecule has 0 atom stereocenters. The highest BCUT2D eigenvalue weighted by molar-refractivity contribution is 5.70. The van der Waals surface area contributed by atoms with Crippen molar-refractivity contribution in [1.29, 1.82) is 0 Å². The summed E-state index contributed by atoms with van der Waals surface area (Å²) in [5.41, 5.74) is 3.45. The van der Waals surface area contributed by atoms with E-state index in [1.807, 2.05) is 37.3 Å². The fourth-order valence-electron chi connectivity index (χ4n) is 2.24. The maximum atomic E-state index is 10.0. The summed E-state index contributed by atoms with van der Waals surface area (Å²) in [6.07, 6.45) is 1.69. The zero-order valence-corrected chi connectivity index (χ0v) is 11.0. The van der Waals surface area contributed by atoms with Crippen molar-refractivity contribution in [3.05, 3.63) is 60.3 Å². The average Bonchev–Trinajstić information content (AvgIpc) is 2.88. The molecule has 0 aliphatic carbocycles. The second-order valence-corrected chi connectivity index (χ2v) is 4.62. The van der Waals surface area contributed by atoms with Crippen LogP contribution in [0.1, 0.15) is 5.56 Å². The van der Waals surface area contributed by atoms with Crippen LogP contribution in [-0.4, -0.2) is 20.0 Å². The number of phenolic OH excluding ortho intramolecular Hbond substituents is 2. The number of aromatic hydroxyl groups is 2. The van der Waals surface area contributed by atoms with Gasteiger partial charge in [-0.15, -0.1) is 0 Å². The van der Waals surface area contributed by atoms with E-state index in [1.54, 1.807) is 23.0 Å². The maximum absolute atomic E-state index is 10.0. The minimum Gasteiger partial charge on any atom is -0.508 e. The first-order valence-electron chi connectivity index (χ1n) is 6.29. The number of phenols is 2. The van der Waals surface area contributed by atoms with Crippen molar-refractivity contribution in [1.82, 2.24) is 9.78 Å². The molecular weight excluding hydrogens is 252 g/mol. The number of para-hydroxylation sites is 1. The van der Waals surface area contributed by atoms with Gasteiger partial charge in [0.05, 0.1) is 17.6 Å². The maximum Gasteiger partial charge on any atom is 0.128 e. The summed E-state index contributed by atoms with van der Waals surface area (Å²) in [4.78, 5) is 0. The smallest absolute Gasteiger partial charge is 0.128 e. The van der Waals surface area contributed by atoms with Gasteiger partial charge < -0.3 is 10.2 Å². The van der Waals surface area contributed by atoms with Crippen LogP contribution in [0.4, 0.5) is 0 Å². The van der Waals surface area contributed by atoms with Crippen molar-refractivity contribution < 1.29 is 10.2 Å². The van der Waals surface area contributed by atoms with Crippen LogP contribution in [0.5, 0.6) is 11.5 Å². The molecule has 1 heterocycles. The predicted octanol–water partition coefficient (Wildman–Crippen LogP) is 3.26. The molecule has 0 fully saturated rings. The van der Waals surface area contributed by atoms with Gasteiger partial charge in [-0.3, -0.25) is 0 Å². The monoisotopic (exact) mass is 266 g/mol. The number of aromatic nitrogens is 2. The Hall–Kier alpha value is -2.75. The van der Waals surface area contributed by atoms with E-state index in [4.69, 9.17) is 0 Å². The third kappa shape index (κ3) is 2.01. The lowest BCUT2D eigenvalue weighted by Gasteiger charge is -2.11. The molecule has 1 aromatic heterocycles. The number of hydrogen-bond donors (Lipinski definition) is 2. The second-order valence-electron chi connectivity index (χ2n) is 4.62. The highest BCUT2D eigenvalue weighted by Crippen LogP contribution is 2.33. The van der Waals surface area contributed by atoms with Crippen molar-refractivity contribution in [3.63, 3.8) is 0 Å². The van der Waals surface area contributed by atoms with E-state index in [2.05, 4.69) is 5.10 Å². The van der Waals surface area contributed by atoms with Crippen LogP contribution in [0.2, 0.25) is 0 Å². The molecule has 3 rings (SSSR count). The van der Waals surface area contributed by atoms with Gasteiger partial charge in [0.2, 0.25) is 0 Å². The third-order valence-corrected chi connectivity index (χ3v) is 3.24. The van der Waals surface area contributed by atoms with E-state index in [0.29, 0.717) is 5.56 Å². The summed E-state index contributed by atoms with van der Waals surface area (Å²) < 4.78 is 1.78. The zero-order valence-electron chi connectivity index (χ0n) is 11.0. The Balaban J connectivity index is 2.18. The molecule has 0 amide bonds. The molecule has 2 N–H and O–H groups in total. The van der Waals surface area contributed by atoms with Crippen LogP contribution in [0.15, 0.2) is 54.7 Å². The molecule has 0 aliphatic heterocycles. The fourth-order valence-corrected chi connectivity index (χ4v) is 2.24. The Kier molecular flexibility index (Phi) is 2.91. The fraction of sp³-hybridized carbons (Fsp3) is 0.0625. The molecule has 100 valence electrons. The van der Waals surface area contributed by atoms with E-state index >= 15 is 0 Å².